The van der Waals surface area contributed by atoms with Gasteiger partial charge in [-0.2, -0.15) is 0 Å². The Bertz CT molecular complexity index is 715. The van der Waals surface area contributed by atoms with Crippen molar-refractivity contribution in [2.75, 3.05) is 24.0 Å². The first-order chi connectivity index (χ1) is 10.4. The molecule has 1 aliphatic heterocycles. The van der Waals surface area contributed by atoms with E-state index in [1.165, 1.54) is 23.8 Å². The fourth-order valence-corrected chi connectivity index (χ4v) is 5.07. The zero-order valence-corrected chi connectivity index (χ0v) is 14.0. The quantitative estimate of drug-likeness (QED) is 0.893. The fourth-order valence-electron chi connectivity index (χ4n) is 3.02. The lowest BCUT2D eigenvalue weighted by molar-refractivity contribution is 0.0930. The predicted molar refractivity (Wildman–Crippen MR) is 90.4 cm³/mol. The van der Waals surface area contributed by atoms with Crippen LogP contribution in [-0.4, -0.2) is 45.9 Å². The van der Waals surface area contributed by atoms with Gasteiger partial charge < -0.3 is 10.3 Å². The number of halogens is 1. The van der Waals surface area contributed by atoms with Crippen molar-refractivity contribution in [1.29, 1.82) is 0 Å². The highest BCUT2D eigenvalue weighted by Gasteiger charge is 2.26. The number of hydrogen-bond donors (Lipinski definition) is 2. The van der Waals surface area contributed by atoms with Crippen molar-refractivity contribution in [3.63, 3.8) is 0 Å². The molecule has 0 saturated carbocycles. The van der Waals surface area contributed by atoms with Crippen molar-refractivity contribution in [3.05, 3.63) is 29.3 Å². The van der Waals surface area contributed by atoms with E-state index in [0.717, 1.165) is 12.8 Å². The van der Waals surface area contributed by atoms with Gasteiger partial charge in [0.05, 0.1) is 5.39 Å². The molecule has 6 heteroatoms. The summed E-state index contributed by atoms with van der Waals surface area (Å²) in [6, 6.07) is 1.54. The minimum Gasteiger partial charge on any atom is -0.348 e. The summed E-state index contributed by atoms with van der Waals surface area (Å²) in [7, 11) is -0.469. The highest BCUT2D eigenvalue weighted by atomic mass is 32.3. The van der Waals surface area contributed by atoms with Gasteiger partial charge in [0.25, 0.3) is 5.91 Å². The maximum atomic E-state index is 13.9. The van der Waals surface area contributed by atoms with E-state index >= 15 is 0 Å². The first-order valence-electron chi connectivity index (χ1n) is 7.50. The van der Waals surface area contributed by atoms with Gasteiger partial charge in [-0.3, -0.25) is 4.79 Å². The summed E-state index contributed by atoms with van der Waals surface area (Å²) in [6.45, 7) is 1.76. The summed E-state index contributed by atoms with van der Waals surface area (Å²) < 4.78 is 13.9. The molecule has 0 unspecified atom stereocenters. The van der Waals surface area contributed by atoms with E-state index in [2.05, 4.69) is 27.8 Å². The maximum absolute atomic E-state index is 13.9. The van der Waals surface area contributed by atoms with Gasteiger partial charge in [-0.1, -0.05) is 0 Å². The Morgan fingerprint density at radius 2 is 2.09 bits per heavy atom. The molecular formula is C16H22FN3OS. The highest BCUT2D eigenvalue weighted by molar-refractivity contribution is 8.32. The summed E-state index contributed by atoms with van der Waals surface area (Å²) in [5.74, 6) is 1.88. The van der Waals surface area contributed by atoms with Crippen LogP contribution in [0.2, 0.25) is 0 Å². The summed E-state index contributed by atoms with van der Waals surface area (Å²) in [5.41, 5.74) is 1.47. The first kappa shape index (κ1) is 15.3. The molecule has 2 aromatic heterocycles. The zero-order valence-electron chi connectivity index (χ0n) is 13.2. The smallest absolute Gasteiger partial charge is 0.268 e. The summed E-state index contributed by atoms with van der Waals surface area (Å²) in [5, 5.41) is 3.49. The molecule has 3 rings (SSSR count). The molecule has 0 radical (unpaired) electrons. The van der Waals surface area contributed by atoms with E-state index in [0.29, 0.717) is 22.3 Å². The Kier molecular flexibility index (Phi) is 3.89. The third-order valence-corrected chi connectivity index (χ3v) is 7.18. The number of pyridine rings is 1. The molecule has 0 aromatic carbocycles. The number of nitrogens with zero attached hydrogens (tertiary/aromatic N) is 1. The molecule has 1 aliphatic rings. The number of carbonyl (C=O) groups is 1. The second-order valence-electron chi connectivity index (χ2n) is 6.56. The number of rotatable bonds is 2. The van der Waals surface area contributed by atoms with Gasteiger partial charge in [0.15, 0.2) is 0 Å². The Morgan fingerprint density at radius 1 is 1.41 bits per heavy atom. The lowest BCUT2D eigenvalue weighted by Gasteiger charge is -2.39. The van der Waals surface area contributed by atoms with E-state index in [-0.39, 0.29) is 17.8 Å². The molecule has 0 atom stereocenters. The van der Waals surface area contributed by atoms with Gasteiger partial charge in [0.2, 0.25) is 0 Å². The SMILES string of the molecule is Cc1c(C(=O)NC2CCS(C)(C)CC2)[nH]c2nccc(F)c12. The van der Waals surface area contributed by atoms with Crippen LogP contribution in [0.4, 0.5) is 4.39 Å². The zero-order chi connectivity index (χ0) is 15.9. The molecule has 2 aromatic rings. The van der Waals surface area contributed by atoms with Crippen LogP contribution in [0.1, 0.15) is 28.9 Å². The second kappa shape index (κ2) is 5.57. The van der Waals surface area contributed by atoms with E-state index < -0.39 is 10.0 Å². The normalized spacial score (nSPS) is 20.0. The molecule has 22 heavy (non-hydrogen) atoms. The molecule has 0 bridgehead atoms. The average Bonchev–Trinajstić information content (AvgIpc) is 2.80. The molecular weight excluding hydrogens is 301 g/mol. The number of hydrogen-bond acceptors (Lipinski definition) is 2. The number of carbonyl (C=O) groups excluding carboxylic acids is 1. The average molecular weight is 323 g/mol. The molecule has 2 N–H and O–H groups in total. The molecule has 1 amide bonds. The van der Waals surface area contributed by atoms with Crippen LogP contribution in [0, 0.1) is 12.7 Å². The van der Waals surface area contributed by atoms with Gasteiger partial charge in [-0.15, -0.1) is 0 Å². The summed E-state index contributed by atoms with van der Waals surface area (Å²) >= 11 is 0. The molecule has 1 saturated heterocycles. The number of nitrogens with one attached hydrogen (secondary N) is 2. The van der Waals surface area contributed by atoms with Gasteiger partial charge in [-0.25, -0.2) is 19.4 Å². The minimum atomic E-state index is -0.469. The van der Waals surface area contributed by atoms with Crippen molar-refractivity contribution in [3.8, 4) is 0 Å². The van der Waals surface area contributed by atoms with E-state index in [1.807, 2.05) is 0 Å². The monoisotopic (exact) mass is 323 g/mol. The molecule has 4 nitrogen and oxygen atoms in total. The lowest BCUT2D eigenvalue weighted by Crippen LogP contribution is -2.40. The third kappa shape index (κ3) is 2.84. The molecule has 0 aliphatic carbocycles. The second-order valence-corrected chi connectivity index (χ2v) is 10.9. The van der Waals surface area contributed by atoms with Crippen LogP contribution < -0.4 is 5.32 Å². The minimum absolute atomic E-state index is 0.158. The Morgan fingerprint density at radius 3 is 2.73 bits per heavy atom. The van der Waals surface area contributed by atoms with Gasteiger partial charge >= 0.3 is 0 Å². The van der Waals surface area contributed by atoms with Crippen LogP contribution in [0.3, 0.4) is 0 Å². The number of aryl methyl sites for hydroxylation is 1. The molecule has 120 valence electrons. The standard InChI is InChI=1S/C16H22FN3OS/c1-10-13-12(17)4-7-18-15(13)20-14(10)16(21)19-11-5-8-22(2,3)9-6-11/h4,7,11H,5-6,8-9H2,1-3H3,(H,18,20)(H,19,21). The number of fused-ring (bicyclic) bond motifs is 1. The number of aromatic nitrogens is 2. The van der Waals surface area contributed by atoms with Crippen molar-refractivity contribution < 1.29 is 9.18 Å². The molecule has 0 spiro atoms. The maximum Gasteiger partial charge on any atom is 0.268 e. The van der Waals surface area contributed by atoms with Crippen LogP contribution in [0.5, 0.6) is 0 Å². The Balaban J connectivity index is 1.79. The van der Waals surface area contributed by atoms with Gasteiger partial charge in [0.1, 0.15) is 17.2 Å². The summed E-state index contributed by atoms with van der Waals surface area (Å²) in [6.07, 6.45) is 8.16. The summed E-state index contributed by atoms with van der Waals surface area (Å²) in [4.78, 5) is 19.5. The molecule has 3 heterocycles. The van der Waals surface area contributed by atoms with Crippen LogP contribution >= 0.6 is 10.0 Å². The van der Waals surface area contributed by atoms with Crippen molar-refractivity contribution in [1.82, 2.24) is 15.3 Å². The van der Waals surface area contributed by atoms with E-state index in [1.54, 1.807) is 6.92 Å². The largest absolute Gasteiger partial charge is 0.348 e. The molecule has 1 fully saturated rings. The highest BCUT2D eigenvalue weighted by Crippen LogP contribution is 2.44. The van der Waals surface area contributed by atoms with Crippen molar-refractivity contribution in [2.24, 2.45) is 0 Å². The third-order valence-electron chi connectivity index (χ3n) is 4.49. The predicted octanol–water partition coefficient (Wildman–Crippen LogP) is 2.97. The van der Waals surface area contributed by atoms with Gasteiger partial charge in [-0.05, 0) is 55.4 Å². The van der Waals surface area contributed by atoms with E-state index in [9.17, 15) is 9.18 Å². The van der Waals surface area contributed by atoms with Crippen molar-refractivity contribution in [2.45, 2.75) is 25.8 Å². The lowest BCUT2D eigenvalue weighted by atomic mass is 10.1. The van der Waals surface area contributed by atoms with Crippen molar-refractivity contribution >= 4 is 27.0 Å². The first-order valence-corrected chi connectivity index (χ1v) is 10.3. The van der Waals surface area contributed by atoms with Gasteiger partial charge in [0, 0.05) is 12.2 Å². The number of amides is 1. The fraction of sp³-hybridized carbons (Fsp3) is 0.500. The topological polar surface area (TPSA) is 57.8 Å². The van der Waals surface area contributed by atoms with E-state index in [4.69, 9.17) is 0 Å². The number of H-pyrrole nitrogens is 1. The Labute approximate surface area is 131 Å². The van der Waals surface area contributed by atoms with Crippen LogP contribution in [0.25, 0.3) is 11.0 Å². The number of aromatic amines is 1. The Hall–Kier alpha value is -1.56. The van der Waals surface area contributed by atoms with Crippen LogP contribution in [-0.2, 0) is 0 Å². The van der Waals surface area contributed by atoms with Crippen LogP contribution in [0.15, 0.2) is 12.3 Å².